The minimum Gasteiger partial charge on any atom is -0.350 e. The van der Waals surface area contributed by atoms with Crippen LogP contribution in [0.1, 0.15) is 12.8 Å². The van der Waals surface area contributed by atoms with E-state index in [2.05, 4.69) is 55.3 Å². The van der Waals surface area contributed by atoms with Gasteiger partial charge in [0.1, 0.15) is 0 Å². The largest absolute Gasteiger partial charge is 0.350 e. The van der Waals surface area contributed by atoms with Crippen LogP contribution in [0.3, 0.4) is 0 Å². The van der Waals surface area contributed by atoms with Crippen LogP contribution >= 0.6 is 0 Å². The monoisotopic (exact) mass is 414 g/mol. The van der Waals surface area contributed by atoms with Crippen molar-refractivity contribution in [2.75, 3.05) is 38.5 Å². The molecule has 3 aromatic heterocycles. The van der Waals surface area contributed by atoms with Gasteiger partial charge in [-0.2, -0.15) is 0 Å². The zero-order valence-corrected chi connectivity index (χ0v) is 17.6. The summed E-state index contributed by atoms with van der Waals surface area (Å²) in [6.07, 6.45) is 9.67. The van der Waals surface area contributed by atoms with Crippen LogP contribution < -0.4 is 5.32 Å². The number of piperazine rings is 1. The second kappa shape index (κ2) is 7.55. The average molecular weight is 415 g/mol. The van der Waals surface area contributed by atoms with Gasteiger partial charge in [0.05, 0.1) is 22.7 Å². The normalized spacial score (nSPS) is 22.6. The van der Waals surface area contributed by atoms with Crippen molar-refractivity contribution in [1.82, 2.24) is 34.4 Å². The van der Waals surface area contributed by atoms with Gasteiger partial charge in [-0.1, -0.05) is 6.07 Å². The van der Waals surface area contributed by atoms with Crippen LogP contribution in [0.2, 0.25) is 0 Å². The van der Waals surface area contributed by atoms with Crippen molar-refractivity contribution in [1.29, 1.82) is 0 Å². The van der Waals surface area contributed by atoms with Crippen molar-refractivity contribution in [3.05, 3.63) is 49.1 Å². The van der Waals surface area contributed by atoms with Crippen LogP contribution in [0.5, 0.6) is 0 Å². The molecule has 0 bridgehead atoms. The Hall–Kier alpha value is -3.10. The zero-order valence-electron chi connectivity index (χ0n) is 17.6. The molecule has 0 amide bonds. The number of anilines is 1. The Bertz CT molecular complexity index is 1220. The number of likely N-dealkylation sites (N-methyl/N-ethyl adjacent to an activating group) is 1. The van der Waals surface area contributed by atoms with E-state index < -0.39 is 0 Å². The summed E-state index contributed by atoms with van der Waals surface area (Å²) < 4.78 is 1.90. The van der Waals surface area contributed by atoms with E-state index in [0.717, 1.165) is 27.7 Å². The molecule has 8 nitrogen and oxygen atoms in total. The van der Waals surface area contributed by atoms with Gasteiger partial charge in [0.25, 0.3) is 0 Å². The van der Waals surface area contributed by atoms with Gasteiger partial charge in [0.15, 0.2) is 0 Å². The summed E-state index contributed by atoms with van der Waals surface area (Å²) in [5.41, 5.74) is 4.95. The molecule has 0 atom stereocenters. The third-order valence-electron chi connectivity index (χ3n) is 6.70. The highest BCUT2D eigenvalue weighted by atomic mass is 15.3. The molecule has 1 aliphatic carbocycles. The summed E-state index contributed by atoms with van der Waals surface area (Å²) in [6.45, 7) is 4.72. The van der Waals surface area contributed by atoms with Gasteiger partial charge in [-0.15, -0.1) is 5.10 Å². The van der Waals surface area contributed by atoms with E-state index in [9.17, 15) is 0 Å². The van der Waals surface area contributed by atoms with Gasteiger partial charge in [-0.05, 0) is 43.7 Å². The molecule has 0 unspecified atom stereocenters. The molecular formula is C23H26N8. The van der Waals surface area contributed by atoms with Crippen LogP contribution in [0.4, 0.5) is 5.95 Å². The molecule has 1 saturated carbocycles. The molecule has 1 aromatic carbocycles. The number of benzene rings is 1. The van der Waals surface area contributed by atoms with E-state index in [1.54, 1.807) is 12.4 Å². The van der Waals surface area contributed by atoms with Crippen LogP contribution in [0, 0.1) is 0 Å². The predicted molar refractivity (Wildman–Crippen MR) is 121 cm³/mol. The van der Waals surface area contributed by atoms with Gasteiger partial charge in [0.2, 0.25) is 5.95 Å². The smallest absolute Gasteiger partial charge is 0.241 e. The highest BCUT2D eigenvalue weighted by Crippen LogP contribution is 2.30. The second-order valence-corrected chi connectivity index (χ2v) is 8.71. The molecule has 1 N–H and O–H groups in total. The lowest BCUT2D eigenvalue weighted by Gasteiger charge is -2.46. The standard InChI is InChI=1S/C23H26N8/c1-29-8-10-30(11-9-29)18-13-17(14-18)27-23-26-15-22-19(4-7-31(22)28-23)16-2-3-20-21(12-16)25-6-5-24-20/h2-7,12,15,17-18H,8-11,13-14H2,1H3,(H,27,28). The highest BCUT2D eigenvalue weighted by molar-refractivity contribution is 5.86. The van der Waals surface area contributed by atoms with E-state index in [1.165, 1.54) is 39.0 Å². The Kier molecular flexibility index (Phi) is 4.54. The first-order chi connectivity index (χ1) is 15.2. The third-order valence-corrected chi connectivity index (χ3v) is 6.70. The molecular weight excluding hydrogens is 388 g/mol. The quantitative estimate of drug-likeness (QED) is 0.550. The lowest BCUT2D eigenvalue weighted by molar-refractivity contribution is 0.0656. The molecule has 158 valence electrons. The SMILES string of the molecule is CN1CCN(C2CC(Nc3ncc4c(-c5ccc6nccnc6c5)ccn4n3)C2)CC1. The van der Waals surface area contributed by atoms with Crippen molar-refractivity contribution >= 4 is 22.5 Å². The summed E-state index contributed by atoms with van der Waals surface area (Å²) in [5.74, 6) is 0.695. The summed E-state index contributed by atoms with van der Waals surface area (Å²) in [6, 6.07) is 9.38. The Balaban J connectivity index is 1.16. The fraction of sp³-hybridized carbons (Fsp3) is 0.391. The Labute approximate surface area is 180 Å². The van der Waals surface area contributed by atoms with Crippen LogP contribution in [0.15, 0.2) is 49.1 Å². The molecule has 0 radical (unpaired) electrons. The maximum Gasteiger partial charge on any atom is 0.241 e. The van der Waals surface area contributed by atoms with E-state index in [1.807, 2.05) is 23.0 Å². The topological polar surface area (TPSA) is 74.5 Å². The second-order valence-electron chi connectivity index (χ2n) is 8.71. The first kappa shape index (κ1) is 18.7. The highest BCUT2D eigenvalue weighted by Gasteiger charge is 2.35. The fourth-order valence-electron chi connectivity index (χ4n) is 4.71. The molecule has 6 rings (SSSR count). The zero-order chi connectivity index (χ0) is 20.8. The van der Waals surface area contributed by atoms with Crippen molar-refractivity contribution < 1.29 is 0 Å². The minimum absolute atomic E-state index is 0.455. The van der Waals surface area contributed by atoms with Crippen LogP contribution in [-0.4, -0.2) is 79.7 Å². The van der Waals surface area contributed by atoms with Crippen LogP contribution in [-0.2, 0) is 0 Å². The average Bonchev–Trinajstić information content (AvgIpc) is 3.20. The molecule has 1 aliphatic heterocycles. The fourth-order valence-corrected chi connectivity index (χ4v) is 4.71. The lowest BCUT2D eigenvalue weighted by atomic mass is 9.85. The summed E-state index contributed by atoms with van der Waals surface area (Å²) in [4.78, 5) is 18.4. The molecule has 4 heterocycles. The number of nitrogens with zero attached hydrogens (tertiary/aromatic N) is 7. The van der Waals surface area contributed by atoms with Crippen molar-refractivity contribution in [2.24, 2.45) is 0 Å². The van der Waals surface area contributed by atoms with Gasteiger partial charge in [-0.3, -0.25) is 14.9 Å². The molecule has 1 saturated heterocycles. The molecule has 0 spiro atoms. The first-order valence-electron chi connectivity index (χ1n) is 11.0. The minimum atomic E-state index is 0.455. The number of nitrogens with one attached hydrogen (secondary N) is 1. The number of hydrogen-bond acceptors (Lipinski definition) is 7. The van der Waals surface area contributed by atoms with E-state index in [-0.39, 0.29) is 0 Å². The lowest BCUT2D eigenvalue weighted by Crippen LogP contribution is -2.55. The Morgan fingerprint density at radius 3 is 2.58 bits per heavy atom. The van der Waals surface area contributed by atoms with E-state index in [4.69, 9.17) is 5.10 Å². The number of aromatic nitrogens is 5. The van der Waals surface area contributed by atoms with Crippen molar-refractivity contribution in [3.63, 3.8) is 0 Å². The number of fused-ring (bicyclic) bond motifs is 2. The van der Waals surface area contributed by atoms with E-state index in [0.29, 0.717) is 18.0 Å². The first-order valence-corrected chi connectivity index (χ1v) is 11.0. The predicted octanol–water partition coefficient (Wildman–Crippen LogP) is 2.53. The maximum atomic E-state index is 4.70. The molecule has 31 heavy (non-hydrogen) atoms. The number of hydrogen-bond donors (Lipinski definition) is 1. The van der Waals surface area contributed by atoms with Crippen molar-refractivity contribution in [3.8, 4) is 11.1 Å². The van der Waals surface area contributed by atoms with Gasteiger partial charge >= 0.3 is 0 Å². The van der Waals surface area contributed by atoms with Crippen molar-refractivity contribution in [2.45, 2.75) is 24.9 Å². The van der Waals surface area contributed by atoms with Gasteiger partial charge in [0, 0.05) is 62.4 Å². The Morgan fingerprint density at radius 1 is 0.935 bits per heavy atom. The Morgan fingerprint density at radius 2 is 1.74 bits per heavy atom. The molecule has 2 fully saturated rings. The van der Waals surface area contributed by atoms with Gasteiger partial charge in [-0.25, -0.2) is 9.50 Å². The maximum absolute atomic E-state index is 4.70. The molecule has 2 aliphatic rings. The third kappa shape index (κ3) is 3.51. The number of rotatable bonds is 4. The van der Waals surface area contributed by atoms with E-state index >= 15 is 0 Å². The molecule has 4 aromatic rings. The summed E-state index contributed by atoms with van der Waals surface area (Å²) >= 11 is 0. The van der Waals surface area contributed by atoms with Gasteiger partial charge < -0.3 is 10.2 Å². The summed E-state index contributed by atoms with van der Waals surface area (Å²) in [7, 11) is 2.21. The molecule has 8 heteroatoms. The van der Waals surface area contributed by atoms with Crippen LogP contribution in [0.25, 0.3) is 27.7 Å². The summed E-state index contributed by atoms with van der Waals surface area (Å²) in [5, 5.41) is 8.22.